The summed E-state index contributed by atoms with van der Waals surface area (Å²) >= 11 is 0. The van der Waals surface area contributed by atoms with Crippen LogP contribution in [0.15, 0.2) is 30.4 Å². The first-order valence-electron chi connectivity index (χ1n) is 8.46. The van der Waals surface area contributed by atoms with Gasteiger partial charge in [0.2, 0.25) is 0 Å². The minimum absolute atomic E-state index is 0.0359. The summed E-state index contributed by atoms with van der Waals surface area (Å²) < 4.78 is 14.8. The topological polar surface area (TPSA) is 103 Å². The van der Waals surface area contributed by atoms with Crippen LogP contribution < -0.4 is 10.6 Å². The van der Waals surface area contributed by atoms with Gasteiger partial charge in [-0.25, -0.2) is 9.59 Å². The van der Waals surface area contributed by atoms with Crippen molar-refractivity contribution in [3.8, 4) is 0 Å². The van der Waals surface area contributed by atoms with E-state index in [9.17, 15) is 14.4 Å². The third-order valence-corrected chi connectivity index (χ3v) is 3.37. The molecule has 2 N–H and O–H groups in total. The molecule has 0 saturated heterocycles. The number of hydrogen-bond donors (Lipinski definition) is 2. The maximum absolute atomic E-state index is 12.0. The van der Waals surface area contributed by atoms with Gasteiger partial charge in [-0.2, -0.15) is 0 Å². The fourth-order valence-corrected chi connectivity index (χ4v) is 2.23. The van der Waals surface area contributed by atoms with Crippen molar-refractivity contribution in [1.82, 2.24) is 0 Å². The average Bonchev–Trinajstić information content (AvgIpc) is 2.54. The molecule has 0 aromatic heterocycles. The monoisotopic (exact) mass is 378 g/mol. The minimum Gasteiger partial charge on any atom is -0.464 e. The summed E-state index contributed by atoms with van der Waals surface area (Å²) in [7, 11) is 0. The quantitative estimate of drug-likeness (QED) is 0.382. The highest BCUT2D eigenvalue weighted by Gasteiger charge is 2.13. The number of amides is 2. The zero-order chi connectivity index (χ0) is 20.4. The van der Waals surface area contributed by atoms with Gasteiger partial charge >= 0.3 is 12.2 Å². The van der Waals surface area contributed by atoms with Crippen molar-refractivity contribution < 1.29 is 28.6 Å². The first kappa shape index (κ1) is 22.0. The van der Waals surface area contributed by atoms with E-state index in [2.05, 4.69) is 21.9 Å². The number of nitrogens with one attached hydrogen (secondary N) is 2. The van der Waals surface area contributed by atoms with E-state index in [0.29, 0.717) is 17.8 Å². The highest BCUT2D eigenvalue weighted by atomic mass is 16.6. The molecular formula is C19H26N2O6. The Morgan fingerprint density at radius 2 is 1.78 bits per heavy atom. The average molecular weight is 378 g/mol. The summed E-state index contributed by atoms with van der Waals surface area (Å²) in [6, 6.07) is 5.00. The van der Waals surface area contributed by atoms with Crippen LogP contribution in [0.5, 0.6) is 0 Å². The van der Waals surface area contributed by atoms with Crippen LogP contribution in [-0.4, -0.2) is 37.5 Å². The molecule has 0 saturated carbocycles. The SMILES string of the molecule is C=C(C)CC(C)OC(=O)Nc1cc(NC(=O)OC(C)COC=O)ccc1C. The number of benzene rings is 1. The number of aryl methyl sites for hydroxylation is 1. The lowest BCUT2D eigenvalue weighted by molar-refractivity contribution is -0.131. The zero-order valence-corrected chi connectivity index (χ0v) is 16.0. The van der Waals surface area contributed by atoms with E-state index in [1.54, 1.807) is 32.0 Å². The predicted molar refractivity (Wildman–Crippen MR) is 102 cm³/mol. The lowest BCUT2D eigenvalue weighted by Crippen LogP contribution is -2.24. The van der Waals surface area contributed by atoms with E-state index in [4.69, 9.17) is 9.47 Å². The van der Waals surface area contributed by atoms with Crippen molar-refractivity contribution in [1.29, 1.82) is 0 Å². The fraction of sp³-hybridized carbons (Fsp3) is 0.421. The van der Waals surface area contributed by atoms with Crippen LogP contribution in [0.25, 0.3) is 0 Å². The van der Waals surface area contributed by atoms with Crippen molar-refractivity contribution in [2.24, 2.45) is 0 Å². The van der Waals surface area contributed by atoms with E-state index in [0.717, 1.165) is 11.1 Å². The first-order chi connectivity index (χ1) is 12.7. The van der Waals surface area contributed by atoms with Crippen LogP contribution in [0.1, 0.15) is 32.8 Å². The Labute approximate surface area is 158 Å². The van der Waals surface area contributed by atoms with Crippen LogP contribution in [0.3, 0.4) is 0 Å². The molecule has 0 aliphatic heterocycles. The molecule has 0 aliphatic rings. The predicted octanol–water partition coefficient (Wildman–Crippen LogP) is 4.01. The molecule has 0 fully saturated rings. The molecule has 8 heteroatoms. The Morgan fingerprint density at radius 3 is 2.41 bits per heavy atom. The maximum Gasteiger partial charge on any atom is 0.412 e. The molecule has 8 nitrogen and oxygen atoms in total. The van der Waals surface area contributed by atoms with Gasteiger partial charge in [-0.15, -0.1) is 6.58 Å². The Morgan fingerprint density at radius 1 is 1.15 bits per heavy atom. The highest BCUT2D eigenvalue weighted by molar-refractivity contribution is 5.89. The largest absolute Gasteiger partial charge is 0.464 e. The Hall–Kier alpha value is -3.03. The van der Waals surface area contributed by atoms with E-state index < -0.39 is 18.3 Å². The van der Waals surface area contributed by atoms with Crippen LogP contribution in [0.4, 0.5) is 21.0 Å². The number of rotatable bonds is 9. The van der Waals surface area contributed by atoms with Gasteiger partial charge in [0.1, 0.15) is 18.8 Å². The summed E-state index contributed by atoms with van der Waals surface area (Å²) in [4.78, 5) is 34.0. The van der Waals surface area contributed by atoms with Crippen molar-refractivity contribution >= 4 is 30.0 Å². The second-order valence-corrected chi connectivity index (χ2v) is 6.30. The first-order valence-corrected chi connectivity index (χ1v) is 8.46. The zero-order valence-electron chi connectivity index (χ0n) is 16.0. The molecule has 0 bridgehead atoms. The third-order valence-electron chi connectivity index (χ3n) is 3.37. The van der Waals surface area contributed by atoms with Crippen LogP contribution in [0.2, 0.25) is 0 Å². The van der Waals surface area contributed by atoms with Gasteiger partial charge < -0.3 is 14.2 Å². The third kappa shape index (κ3) is 8.75. The molecular weight excluding hydrogens is 352 g/mol. The summed E-state index contributed by atoms with van der Waals surface area (Å²) in [5.74, 6) is 0. The van der Waals surface area contributed by atoms with E-state index in [1.807, 2.05) is 13.8 Å². The number of carbonyl (C=O) groups excluding carboxylic acids is 3. The summed E-state index contributed by atoms with van der Waals surface area (Å²) in [5.41, 5.74) is 2.65. The van der Waals surface area contributed by atoms with Gasteiger partial charge in [0.25, 0.3) is 6.47 Å². The highest BCUT2D eigenvalue weighted by Crippen LogP contribution is 2.21. The van der Waals surface area contributed by atoms with Crippen molar-refractivity contribution in [3.63, 3.8) is 0 Å². The number of carbonyl (C=O) groups is 3. The van der Waals surface area contributed by atoms with Gasteiger partial charge in [-0.1, -0.05) is 11.6 Å². The van der Waals surface area contributed by atoms with Crippen molar-refractivity contribution in [3.05, 3.63) is 35.9 Å². The lowest BCUT2D eigenvalue weighted by atomic mass is 10.2. The molecule has 0 spiro atoms. The number of hydrogen-bond acceptors (Lipinski definition) is 6. The van der Waals surface area contributed by atoms with Gasteiger partial charge in [0.15, 0.2) is 0 Å². The smallest absolute Gasteiger partial charge is 0.412 e. The molecule has 2 amide bonds. The molecule has 1 rings (SSSR count). The summed E-state index contributed by atoms with van der Waals surface area (Å²) in [5, 5.41) is 5.20. The molecule has 1 aromatic rings. The minimum atomic E-state index is -0.704. The molecule has 0 heterocycles. The Balaban J connectivity index is 2.65. The fourth-order valence-electron chi connectivity index (χ4n) is 2.23. The van der Waals surface area contributed by atoms with Crippen molar-refractivity contribution in [2.45, 2.75) is 46.3 Å². The Kier molecular flexibility index (Phi) is 8.84. The number of anilines is 2. The van der Waals surface area contributed by atoms with Crippen LogP contribution in [-0.2, 0) is 19.0 Å². The van der Waals surface area contributed by atoms with E-state index in [1.165, 1.54) is 0 Å². The number of ether oxygens (including phenoxy) is 3. The molecule has 0 aliphatic carbocycles. The second kappa shape index (κ2) is 10.8. The molecule has 0 radical (unpaired) electrons. The van der Waals surface area contributed by atoms with Crippen molar-refractivity contribution in [2.75, 3.05) is 17.2 Å². The van der Waals surface area contributed by atoms with E-state index >= 15 is 0 Å². The van der Waals surface area contributed by atoms with E-state index in [-0.39, 0.29) is 19.2 Å². The summed E-state index contributed by atoms with van der Waals surface area (Å²) in [6.45, 7) is 11.1. The molecule has 1 aromatic carbocycles. The van der Waals surface area contributed by atoms with Crippen LogP contribution >= 0.6 is 0 Å². The van der Waals surface area contributed by atoms with Gasteiger partial charge in [0, 0.05) is 17.8 Å². The second-order valence-electron chi connectivity index (χ2n) is 6.30. The summed E-state index contributed by atoms with van der Waals surface area (Å²) in [6.07, 6.45) is -1.61. The van der Waals surface area contributed by atoms with Gasteiger partial charge in [0.05, 0.1) is 0 Å². The Bertz CT molecular complexity index is 689. The van der Waals surface area contributed by atoms with Gasteiger partial charge in [-0.05, 0) is 45.4 Å². The normalized spacial score (nSPS) is 12.3. The lowest BCUT2D eigenvalue weighted by Gasteiger charge is -2.16. The molecule has 148 valence electrons. The van der Waals surface area contributed by atoms with Crippen LogP contribution in [0, 0.1) is 6.92 Å². The maximum atomic E-state index is 12.0. The molecule has 2 unspecified atom stereocenters. The molecule has 27 heavy (non-hydrogen) atoms. The standard InChI is InChI=1S/C19H26N2O6/c1-12(2)8-14(4)26-19(24)21-17-9-16(7-6-13(17)3)20-18(23)27-15(5)10-25-11-22/h6-7,9,11,14-15H,1,8,10H2,2-5H3,(H,20,23)(H,21,24). The molecule has 2 atom stereocenters. The van der Waals surface area contributed by atoms with Gasteiger partial charge in [-0.3, -0.25) is 15.4 Å².